The predicted molar refractivity (Wildman–Crippen MR) is 156 cm³/mol. The number of aromatic nitrogens is 1. The van der Waals surface area contributed by atoms with Gasteiger partial charge in [-0.1, -0.05) is 0 Å². The SMILES string of the molecule is O=C(Nc1cc(Oc2ccc(NC(=O)C3(C(=O)Nc4ccc(F)cc4)CC3)c(F)c2)ccn1)N1CCC(N2CCC2)CC1. The third kappa shape index (κ3) is 6.43. The van der Waals surface area contributed by atoms with Gasteiger partial charge < -0.3 is 25.2 Å². The number of ether oxygens (including phenoxy) is 1. The number of urea groups is 1. The maximum absolute atomic E-state index is 15.0. The topological polar surface area (TPSA) is 116 Å². The van der Waals surface area contributed by atoms with Gasteiger partial charge in [-0.25, -0.2) is 18.6 Å². The smallest absolute Gasteiger partial charge is 0.323 e. The largest absolute Gasteiger partial charge is 0.457 e. The molecule has 2 aromatic carbocycles. The molecule has 12 heteroatoms. The number of likely N-dealkylation sites (tertiary alicyclic amines) is 2. The van der Waals surface area contributed by atoms with Crippen LogP contribution < -0.4 is 20.7 Å². The summed E-state index contributed by atoms with van der Waals surface area (Å²) in [5, 5.41) is 7.93. The summed E-state index contributed by atoms with van der Waals surface area (Å²) in [6, 6.07) is 12.6. The fourth-order valence-corrected chi connectivity index (χ4v) is 5.38. The first-order valence-corrected chi connectivity index (χ1v) is 14.4. The van der Waals surface area contributed by atoms with Gasteiger partial charge in [0.05, 0.1) is 5.69 Å². The molecule has 0 unspecified atom stereocenters. The summed E-state index contributed by atoms with van der Waals surface area (Å²) < 4.78 is 33.9. The highest BCUT2D eigenvalue weighted by Gasteiger charge is 2.56. The summed E-state index contributed by atoms with van der Waals surface area (Å²) in [6.45, 7) is 3.67. The molecule has 3 aromatic rings. The average Bonchev–Trinajstić information content (AvgIpc) is 3.78. The zero-order chi connectivity index (χ0) is 30.0. The lowest BCUT2D eigenvalue weighted by molar-refractivity contribution is -0.131. The van der Waals surface area contributed by atoms with Gasteiger partial charge >= 0.3 is 6.03 Å². The molecule has 0 spiro atoms. The van der Waals surface area contributed by atoms with Crippen molar-refractivity contribution in [3.63, 3.8) is 0 Å². The van der Waals surface area contributed by atoms with E-state index in [1.54, 1.807) is 17.0 Å². The van der Waals surface area contributed by atoms with Gasteiger partial charge in [-0.15, -0.1) is 0 Å². The van der Waals surface area contributed by atoms with E-state index >= 15 is 0 Å². The molecule has 1 aromatic heterocycles. The Kier molecular flexibility index (Phi) is 7.94. The first-order valence-electron chi connectivity index (χ1n) is 14.4. The molecule has 3 heterocycles. The summed E-state index contributed by atoms with van der Waals surface area (Å²) in [4.78, 5) is 47.0. The Bertz CT molecular complexity index is 1520. The monoisotopic (exact) mass is 590 g/mol. The summed E-state index contributed by atoms with van der Waals surface area (Å²) >= 11 is 0. The van der Waals surface area contributed by atoms with Crippen molar-refractivity contribution in [2.24, 2.45) is 5.41 Å². The van der Waals surface area contributed by atoms with Crippen molar-refractivity contribution in [1.29, 1.82) is 0 Å². The van der Waals surface area contributed by atoms with Crippen LogP contribution in [0, 0.1) is 17.0 Å². The molecule has 2 saturated heterocycles. The number of carbonyl (C=O) groups excluding carboxylic acids is 3. The quantitative estimate of drug-likeness (QED) is 0.310. The third-order valence-electron chi connectivity index (χ3n) is 8.27. The van der Waals surface area contributed by atoms with Crippen molar-refractivity contribution >= 4 is 35.0 Å². The molecule has 3 fully saturated rings. The van der Waals surface area contributed by atoms with Gasteiger partial charge in [0.1, 0.15) is 34.4 Å². The molecule has 4 amide bonds. The lowest BCUT2D eigenvalue weighted by atomic mass is 10.00. The average molecular weight is 591 g/mol. The maximum atomic E-state index is 15.0. The molecule has 224 valence electrons. The van der Waals surface area contributed by atoms with E-state index in [9.17, 15) is 23.2 Å². The van der Waals surface area contributed by atoms with Crippen molar-refractivity contribution in [1.82, 2.24) is 14.8 Å². The fourth-order valence-electron chi connectivity index (χ4n) is 5.38. The van der Waals surface area contributed by atoms with Crippen LogP contribution in [0.5, 0.6) is 11.5 Å². The van der Waals surface area contributed by atoms with Crippen molar-refractivity contribution in [2.45, 2.75) is 38.1 Å². The minimum absolute atomic E-state index is 0.0984. The second-order valence-corrected chi connectivity index (χ2v) is 11.2. The van der Waals surface area contributed by atoms with E-state index < -0.39 is 28.9 Å². The van der Waals surface area contributed by atoms with Gasteiger partial charge in [0.2, 0.25) is 11.8 Å². The van der Waals surface area contributed by atoms with E-state index in [0.717, 1.165) is 32.0 Å². The molecule has 1 aliphatic carbocycles. The standard InChI is InChI=1S/C31H32F2N6O4/c32-20-2-4-21(5-3-20)35-28(40)31(11-12-31)29(41)36-26-7-6-23(18-25(26)33)43-24-8-13-34-27(19-24)37-30(42)39-16-9-22(10-17-39)38-14-1-15-38/h2-8,13,18-19,22H,1,9-12,14-17H2,(H,35,40)(H,36,41)(H,34,37,42). The number of benzene rings is 2. The van der Waals surface area contributed by atoms with E-state index in [1.165, 1.54) is 49.0 Å². The maximum Gasteiger partial charge on any atom is 0.323 e. The molecule has 2 aliphatic heterocycles. The Labute approximate surface area is 247 Å². The Morgan fingerprint density at radius 1 is 0.837 bits per heavy atom. The van der Waals surface area contributed by atoms with Gasteiger partial charge in [0, 0.05) is 43.1 Å². The highest BCUT2D eigenvalue weighted by Crippen LogP contribution is 2.47. The Morgan fingerprint density at radius 2 is 1.53 bits per heavy atom. The van der Waals surface area contributed by atoms with Crippen LogP contribution in [0.3, 0.4) is 0 Å². The number of pyridine rings is 1. The van der Waals surface area contributed by atoms with Crippen LogP contribution in [0.25, 0.3) is 0 Å². The highest BCUT2D eigenvalue weighted by atomic mass is 19.1. The van der Waals surface area contributed by atoms with E-state index in [1.807, 2.05) is 0 Å². The number of halogens is 2. The van der Waals surface area contributed by atoms with Gasteiger partial charge in [-0.3, -0.25) is 14.9 Å². The van der Waals surface area contributed by atoms with Crippen molar-refractivity contribution in [3.8, 4) is 11.5 Å². The van der Waals surface area contributed by atoms with Gasteiger partial charge in [-0.2, -0.15) is 0 Å². The second-order valence-electron chi connectivity index (χ2n) is 11.2. The number of nitrogens with one attached hydrogen (secondary N) is 3. The number of rotatable bonds is 8. The molecule has 0 radical (unpaired) electrons. The Balaban J connectivity index is 1.03. The van der Waals surface area contributed by atoms with Crippen molar-refractivity contribution < 1.29 is 27.9 Å². The fraction of sp³-hybridized carbons (Fsp3) is 0.355. The first kappa shape index (κ1) is 28.5. The van der Waals surface area contributed by atoms with E-state index in [0.29, 0.717) is 49.2 Å². The lowest BCUT2D eigenvalue weighted by Gasteiger charge is -2.42. The zero-order valence-corrected chi connectivity index (χ0v) is 23.4. The highest BCUT2D eigenvalue weighted by molar-refractivity contribution is 6.16. The van der Waals surface area contributed by atoms with Crippen LogP contribution in [0.4, 0.5) is 30.8 Å². The van der Waals surface area contributed by atoms with E-state index in [4.69, 9.17) is 4.74 Å². The predicted octanol–water partition coefficient (Wildman–Crippen LogP) is 5.21. The molecule has 43 heavy (non-hydrogen) atoms. The van der Waals surface area contributed by atoms with Gasteiger partial charge in [0.25, 0.3) is 0 Å². The lowest BCUT2D eigenvalue weighted by Crippen LogP contribution is -2.51. The Hall–Kier alpha value is -4.58. The van der Waals surface area contributed by atoms with Crippen LogP contribution in [-0.4, -0.2) is 64.9 Å². The van der Waals surface area contributed by atoms with Crippen LogP contribution in [0.15, 0.2) is 60.8 Å². The number of carbonyl (C=O) groups is 3. The molecule has 0 atom stereocenters. The number of piperidine rings is 1. The van der Waals surface area contributed by atoms with Crippen LogP contribution in [0.2, 0.25) is 0 Å². The second kappa shape index (κ2) is 12.0. The summed E-state index contributed by atoms with van der Waals surface area (Å²) in [5.74, 6) is -1.53. The third-order valence-corrected chi connectivity index (χ3v) is 8.27. The molecule has 3 aliphatic rings. The zero-order valence-electron chi connectivity index (χ0n) is 23.4. The molecule has 0 bridgehead atoms. The van der Waals surface area contributed by atoms with Crippen LogP contribution in [-0.2, 0) is 9.59 Å². The summed E-state index contributed by atoms with van der Waals surface area (Å²) in [7, 11) is 0. The van der Waals surface area contributed by atoms with Crippen LogP contribution >= 0.6 is 0 Å². The molecular formula is C31H32F2N6O4. The first-order chi connectivity index (χ1) is 20.8. The van der Waals surface area contributed by atoms with Gasteiger partial charge in [0.15, 0.2) is 0 Å². The van der Waals surface area contributed by atoms with Crippen molar-refractivity contribution in [2.75, 3.05) is 42.1 Å². The number of nitrogens with zero attached hydrogens (tertiary/aromatic N) is 3. The van der Waals surface area contributed by atoms with Crippen LogP contribution in [0.1, 0.15) is 32.1 Å². The number of anilines is 3. The minimum Gasteiger partial charge on any atom is -0.457 e. The molecule has 10 nitrogen and oxygen atoms in total. The normalized spacial score (nSPS) is 17.9. The van der Waals surface area contributed by atoms with E-state index in [2.05, 4.69) is 25.8 Å². The Morgan fingerprint density at radius 3 is 2.19 bits per heavy atom. The molecule has 6 rings (SSSR count). The molecular weight excluding hydrogens is 558 g/mol. The number of amides is 4. The van der Waals surface area contributed by atoms with Gasteiger partial charge in [-0.05, 0) is 87.7 Å². The molecule has 3 N–H and O–H groups in total. The van der Waals surface area contributed by atoms with Crippen molar-refractivity contribution in [3.05, 3.63) is 72.4 Å². The van der Waals surface area contributed by atoms with E-state index in [-0.39, 0.29) is 17.5 Å². The molecule has 1 saturated carbocycles. The number of hydrogen-bond acceptors (Lipinski definition) is 6. The summed E-state index contributed by atoms with van der Waals surface area (Å²) in [6.07, 6.45) is 5.27. The minimum atomic E-state index is -1.32. The summed E-state index contributed by atoms with van der Waals surface area (Å²) in [5.41, 5.74) is -1.06. The number of hydrogen-bond donors (Lipinski definition) is 3.